The molecule has 1 atom stereocenters. The molecular weight excluding hydrogens is 278 g/mol. The molecule has 1 fully saturated rings. The van der Waals surface area contributed by atoms with Gasteiger partial charge in [0.15, 0.2) is 0 Å². The second-order valence-corrected chi connectivity index (χ2v) is 7.08. The topological polar surface area (TPSA) is 83.9 Å². The molecule has 0 aliphatic carbocycles. The van der Waals surface area contributed by atoms with Gasteiger partial charge < -0.3 is 9.84 Å². The van der Waals surface area contributed by atoms with Gasteiger partial charge in [0.25, 0.3) is 10.0 Å². The average molecular weight is 291 g/mol. The highest BCUT2D eigenvalue weighted by atomic mass is 32.2. The number of nitrogens with zero attached hydrogens (tertiary/aromatic N) is 1. The van der Waals surface area contributed by atoms with Crippen LogP contribution >= 0.6 is 11.3 Å². The van der Waals surface area contributed by atoms with Crippen LogP contribution in [0.5, 0.6) is 0 Å². The van der Waals surface area contributed by atoms with Crippen molar-refractivity contribution >= 4 is 27.3 Å². The Morgan fingerprint density at radius 2 is 2.33 bits per heavy atom. The van der Waals surface area contributed by atoms with Crippen LogP contribution in [0.1, 0.15) is 17.3 Å². The van der Waals surface area contributed by atoms with Crippen molar-refractivity contribution in [2.75, 3.05) is 19.7 Å². The fourth-order valence-electron chi connectivity index (χ4n) is 1.70. The average Bonchev–Trinajstić information content (AvgIpc) is 2.79. The molecule has 6 nitrogen and oxygen atoms in total. The molecule has 8 heteroatoms. The van der Waals surface area contributed by atoms with Crippen molar-refractivity contribution in [1.29, 1.82) is 0 Å². The van der Waals surface area contributed by atoms with Gasteiger partial charge in [-0.3, -0.25) is 0 Å². The molecule has 2 rings (SSSR count). The summed E-state index contributed by atoms with van der Waals surface area (Å²) in [6.45, 7) is 2.76. The zero-order valence-corrected chi connectivity index (χ0v) is 11.3. The number of carboxylic acids is 1. The Morgan fingerprint density at radius 1 is 1.61 bits per heavy atom. The highest BCUT2D eigenvalue weighted by molar-refractivity contribution is 7.91. The Bertz CT molecular complexity index is 550. The van der Waals surface area contributed by atoms with E-state index in [1.54, 1.807) is 6.92 Å². The summed E-state index contributed by atoms with van der Waals surface area (Å²) in [6, 6.07) is 1.20. The second kappa shape index (κ2) is 4.96. The van der Waals surface area contributed by atoms with Crippen molar-refractivity contribution < 1.29 is 23.1 Å². The Hall–Kier alpha value is -0.960. The van der Waals surface area contributed by atoms with E-state index in [2.05, 4.69) is 0 Å². The summed E-state index contributed by atoms with van der Waals surface area (Å²) in [5, 5.41) is 10.1. The number of hydrogen-bond acceptors (Lipinski definition) is 5. The number of thiophene rings is 1. The largest absolute Gasteiger partial charge is 0.478 e. The van der Waals surface area contributed by atoms with Crippen molar-refractivity contribution in [3.8, 4) is 0 Å². The molecule has 1 aliphatic heterocycles. The lowest BCUT2D eigenvalue weighted by Crippen LogP contribution is -2.44. The molecule has 1 aliphatic rings. The predicted molar refractivity (Wildman–Crippen MR) is 65.5 cm³/mol. The van der Waals surface area contributed by atoms with Crippen LogP contribution in [-0.4, -0.2) is 49.6 Å². The van der Waals surface area contributed by atoms with Gasteiger partial charge in [-0.05, 0) is 13.0 Å². The molecule has 0 spiro atoms. The number of carbonyl (C=O) groups is 1. The number of hydrogen-bond donors (Lipinski definition) is 1. The smallest absolute Gasteiger partial charge is 0.336 e. The Morgan fingerprint density at radius 3 is 2.89 bits per heavy atom. The van der Waals surface area contributed by atoms with Gasteiger partial charge in [-0.2, -0.15) is 4.31 Å². The Balaban J connectivity index is 2.26. The molecule has 0 saturated carbocycles. The van der Waals surface area contributed by atoms with Crippen molar-refractivity contribution in [2.45, 2.75) is 17.2 Å². The highest BCUT2D eigenvalue weighted by Crippen LogP contribution is 2.25. The van der Waals surface area contributed by atoms with E-state index in [1.165, 1.54) is 15.8 Å². The lowest BCUT2D eigenvalue weighted by atomic mass is 10.3. The number of ether oxygens (including phenoxy) is 1. The van der Waals surface area contributed by atoms with Crippen LogP contribution in [-0.2, 0) is 14.8 Å². The maximum atomic E-state index is 12.3. The van der Waals surface area contributed by atoms with Crippen LogP contribution < -0.4 is 0 Å². The molecule has 18 heavy (non-hydrogen) atoms. The maximum Gasteiger partial charge on any atom is 0.336 e. The molecule has 0 aromatic carbocycles. The number of sulfonamides is 1. The quantitative estimate of drug-likeness (QED) is 0.892. The van der Waals surface area contributed by atoms with E-state index in [9.17, 15) is 13.2 Å². The first-order valence-electron chi connectivity index (χ1n) is 5.35. The molecule has 1 unspecified atom stereocenters. The Labute approximate surface area is 109 Å². The Kier molecular flexibility index (Phi) is 3.71. The normalized spacial score (nSPS) is 21.9. The zero-order chi connectivity index (χ0) is 13.3. The summed E-state index contributed by atoms with van der Waals surface area (Å²) in [7, 11) is -3.60. The van der Waals surface area contributed by atoms with Gasteiger partial charge >= 0.3 is 5.97 Å². The van der Waals surface area contributed by atoms with E-state index in [1.807, 2.05) is 0 Å². The zero-order valence-electron chi connectivity index (χ0n) is 9.70. The van der Waals surface area contributed by atoms with E-state index in [4.69, 9.17) is 9.84 Å². The number of morpholine rings is 1. The number of rotatable bonds is 3. The van der Waals surface area contributed by atoms with Gasteiger partial charge in [-0.15, -0.1) is 11.3 Å². The van der Waals surface area contributed by atoms with Gasteiger partial charge in [0.05, 0.1) is 18.3 Å². The molecule has 1 N–H and O–H groups in total. The van der Waals surface area contributed by atoms with Crippen molar-refractivity contribution in [2.24, 2.45) is 0 Å². The molecule has 1 aromatic heterocycles. The van der Waals surface area contributed by atoms with Crippen molar-refractivity contribution in [3.63, 3.8) is 0 Å². The second-order valence-electron chi connectivity index (χ2n) is 4.00. The number of carboxylic acid groups (broad SMARTS) is 1. The van der Waals surface area contributed by atoms with E-state index in [0.717, 1.165) is 11.3 Å². The van der Waals surface area contributed by atoms with Crippen molar-refractivity contribution in [3.05, 3.63) is 17.0 Å². The van der Waals surface area contributed by atoms with Crippen LogP contribution in [0.25, 0.3) is 0 Å². The first kappa shape index (κ1) is 13.5. The molecule has 0 radical (unpaired) electrons. The van der Waals surface area contributed by atoms with Crippen LogP contribution in [0.4, 0.5) is 0 Å². The standard InChI is InChI=1S/C10H13NO5S2/c1-7-5-11(2-3-16-7)18(14,15)9-4-8(6-17-9)10(12)13/h4,6-7H,2-3,5H2,1H3,(H,12,13). The summed E-state index contributed by atoms with van der Waals surface area (Å²) in [6.07, 6.45) is -0.146. The maximum absolute atomic E-state index is 12.3. The van der Waals surface area contributed by atoms with Crippen LogP contribution in [0.15, 0.2) is 15.7 Å². The van der Waals surface area contributed by atoms with Gasteiger partial charge in [0.2, 0.25) is 0 Å². The monoisotopic (exact) mass is 291 g/mol. The minimum absolute atomic E-state index is 0.000108. The van der Waals surface area contributed by atoms with Crippen LogP contribution in [0.2, 0.25) is 0 Å². The highest BCUT2D eigenvalue weighted by Gasteiger charge is 2.30. The van der Waals surface area contributed by atoms with Gasteiger partial charge in [0, 0.05) is 18.5 Å². The number of aromatic carboxylic acids is 1. The molecule has 0 amide bonds. The van der Waals surface area contributed by atoms with Gasteiger partial charge in [0.1, 0.15) is 4.21 Å². The molecule has 100 valence electrons. The van der Waals surface area contributed by atoms with E-state index in [0.29, 0.717) is 19.7 Å². The lowest BCUT2D eigenvalue weighted by Gasteiger charge is -2.29. The van der Waals surface area contributed by atoms with E-state index < -0.39 is 16.0 Å². The summed E-state index contributed by atoms with van der Waals surface area (Å²) < 4.78 is 31.2. The van der Waals surface area contributed by atoms with Gasteiger partial charge in [-0.25, -0.2) is 13.2 Å². The summed E-state index contributed by atoms with van der Waals surface area (Å²) in [4.78, 5) is 10.7. The molecule has 0 bridgehead atoms. The first-order valence-corrected chi connectivity index (χ1v) is 7.67. The van der Waals surface area contributed by atoms with E-state index in [-0.39, 0.29) is 15.9 Å². The minimum atomic E-state index is -3.60. The fourth-order valence-corrected chi connectivity index (χ4v) is 4.50. The van der Waals surface area contributed by atoms with Crippen LogP contribution in [0.3, 0.4) is 0 Å². The molecule has 2 heterocycles. The lowest BCUT2D eigenvalue weighted by molar-refractivity contribution is 0.0102. The van der Waals surface area contributed by atoms with Crippen molar-refractivity contribution in [1.82, 2.24) is 4.31 Å². The third-order valence-corrected chi connectivity index (χ3v) is 5.90. The van der Waals surface area contributed by atoms with E-state index >= 15 is 0 Å². The van der Waals surface area contributed by atoms with Gasteiger partial charge in [-0.1, -0.05) is 0 Å². The molecule has 1 saturated heterocycles. The summed E-state index contributed by atoms with van der Waals surface area (Å²) in [5.41, 5.74) is -0.000108. The SMILES string of the molecule is CC1CN(S(=O)(=O)c2cc(C(=O)O)cs2)CCO1. The summed E-state index contributed by atoms with van der Waals surface area (Å²) in [5.74, 6) is -1.12. The first-order chi connectivity index (χ1) is 8.41. The third kappa shape index (κ3) is 2.56. The third-order valence-electron chi connectivity index (χ3n) is 2.62. The van der Waals surface area contributed by atoms with Crippen LogP contribution in [0, 0.1) is 0 Å². The molecular formula is C10H13NO5S2. The molecule has 1 aromatic rings. The predicted octanol–water partition coefficient (Wildman–Crippen LogP) is 0.856. The fraction of sp³-hybridized carbons (Fsp3) is 0.500. The summed E-state index contributed by atoms with van der Waals surface area (Å²) >= 11 is 0.928. The minimum Gasteiger partial charge on any atom is -0.478 e.